The van der Waals surface area contributed by atoms with Crippen molar-refractivity contribution in [2.45, 2.75) is 45.3 Å². The molecule has 0 saturated carbocycles. The lowest BCUT2D eigenvalue weighted by atomic mass is 10.2. The molecule has 1 aromatic rings. The molecule has 1 saturated heterocycles. The summed E-state index contributed by atoms with van der Waals surface area (Å²) in [6.45, 7) is 6.84. The Morgan fingerprint density at radius 3 is 3.00 bits per heavy atom. The van der Waals surface area contributed by atoms with E-state index in [1.54, 1.807) is 13.4 Å². The molecule has 0 amide bonds. The fourth-order valence-corrected chi connectivity index (χ4v) is 2.63. The van der Waals surface area contributed by atoms with Crippen LogP contribution in [0, 0.1) is 0 Å². The summed E-state index contributed by atoms with van der Waals surface area (Å²) in [5.74, 6) is 1.81. The summed E-state index contributed by atoms with van der Waals surface area (Å²) in [6.07, 6.45) is 6.19. The van der Waals surface area contributed by atoms with Gasteiger partial charge in [-0.05, 0) is 19.3 Å². The third kappa shape index (κ3) is 8.32. The summed E-state index contributed by atoms with van der Waals surface area (Å²) < 4.78 is 13.2. The lowest BCUT2D eigenvalue weighted by Crippen LogP contribution is -2.39. The number of rotatable bonds is 10. The van der Waals surface area contributed by atoms with Gasteiger partial charge in [0.25, 0.3) is 0 Å². The van der Waals surface area contributed by atoms with Crippen LogP contribution in [0.3, 0.4) is 0 Å². The van der Waals surface area contributed by atoms with Crippen LogP contribution in [0.4, 0.5) is 0 Å². The van der Waals surface area contributed by atoms with Gasteiger partial charge in [-0.15, -0.1) is 34.2 Å². The van der Waals surface area contributed by atoms with Gasteiger partial charge in [0.05, 0.1) is 12.7 Å². The van der Waals surface area contributed by atoms with Crippen molar-refractivity contribution >= 4 is 29.9 Å². The van der Waals surface area contributed by atoms with Crippen molar-refractivity contribution in [2.24, 2.45) is 4.99 Å². The minimum Gasteiger partial charge on any atom is -0.379 e. The number of nitrogens with one attached hydrogen (secondary N) is 2. The Morgan fingerprint density at radius 2 is 2.28 bits per heavy atom. The van der Waals surface area contributed by atoms with Gasteiger partial charge >= 0.3 is 0 Å². The molecule has 8 nitrogen and oxygen atoms in total. The van der Waals surface area contributed by atoms with Crippen molar-refractivity contribution in [2.75, 3.05) is 40.0 Å². The average molecular weight is 466 g/mol. The molecule has 1 aliphatic rings. The minimum absolute atomic E-state index is 0. The van der Waals surface area contributed by atoms with E-state index in [-0.39, 0.29) is 24.0 Å². The zero-order valence-electron chi connectivity index (χ0n) is 15.2. The van der Waals surface area contributed by atoms with Gasteiger partial charge in [0.1, 0.15) is 12.2 Å². The van der Waals surface area contributed by atoms with E-state index in [2.05, 4.69) is 37.3 Å². The second-order valence-corrected chi connectivity index (χ2v) is 5.78. The maximum absolute atomic E-state index is 5.65. The number of ether oxygens (including phenoxy) is 2. The number of aliphatic imine (C=N–C) groups is 1. The second kappa shape index (κ2) is 13.3. The highest BCUT2D eigenvalue weighted by Gasteiger charge is 2.14. The van der Waals surface area contributed by atoms with Crippen LogP contribution in [0.2, 0.25) is 0 Å². The number of hydrogen-bond acceptors (Lipinski definition) is 5. The first-order valence-corrected chi connectivity index (χ1v) is 8.84. The van der Waals surface area contributed by atoms with Crippen molar-refractivity contribution in [1.82, 2.24) is 25.4 Å². The smallest absolute Gasteiger partial charge is 0.191 e. The van der Waals surface area contributed by atoms with Crippen molar-refractivity contribution in [3.05, 3.63) is 12.2 Å². The van der Waals surface area contributed by atoms with Crippen LogP contribution in [0.25, 0.3) is 0 Å². The molecule has 2 heterocycles. The summed E-state index contributed by atoms with van der Waals surface area (Å²) in [5, 5.41) is 14.6. The Hall–Kier alpha value is -0.940. The summed E-state index contributed by atoms with van der Waals surface area (Å²) in [5.41, 5.74) is 0. The summed E-state index contributed by atoms with van der Waals surface area (Å²) in [7, 11) is 1.78. The fraction of sp³-hybridized carbons (Fsp3) is 0.812. The topological polar surface area (TPSA) is 85.6 Å². The SMILES string of the molecule is CCc1nncn1CCNC(=NC)NCCCOCC1CCCO1.I. The molecule has 1 aromatic heterocycles. The number of hydrogen-bond donors (Lipinski definition) is 2. The number of aryl methyl sites for hydroxylation is 1. The molecule has 1 unspecified atom stereocenters. The van der Waals surface area contributed by atoms with E-state index in [0.717, 1.165) is 70.3 Å². The molecule has 1 fully saturated rings. The molecule has 1 aliphatic heterocycles. The van der Waals surface area contributed by atoms with Crippen LogP contribution in [0.5, 0.6) is 0 Å². The van der Waals surface area contributed by atoms with Gasteiger partial charge < -0.3 is 24.7 Å². The number of halogens is 1. The normalized spacial score (nSPS) is 17.4. The molecule has 0 aliphatic carbocycles. The molecule has 0 bridgehead atoms. The molecule has 0 aromatic carbocycles. The van der Waals surface area contributed by atoms with Crippen molar-refractivity contribution in [3.8, 4) is 0 Å². The van der Waals surface area contributed by atoms with E-state index < -0.39 is 0 Å². The Balaban J connectivity index is 0.00000312. The van der Waals surface area contributed by atoms with Crippen LogP contribution in [0.15, 0.2) is 11.3 Å². The van der Waals surface area contributed by atoms with Gasteiger partial charge in [-0.25, -0.2) is 0 Å². The van der Waals surface area contributed by atoms with Gasteiger partial charge in [0.15, 0.2) is 5.96 Å². The third-order valence-corrected chi connectivity index (χ3v) is 3.97. The Bertz CT molecular complexity index is 491. The summed E-state index contributed by atoms with van der Waals surface area (Å²) >= 11 is 0. The average Bonchev–Trinajstić information content (AvgIpc) is 3.27. The molecule has 2 N–H and O–H groups in total. The number of nitrogens with zero attached hydrogens (tertiary/aromatic N) is 4. The quantitative estimate of drug-likeness (QED) is 0.234. The summed E-state index contributed by atoms with van der Waals surface area (Å²) in [6, 6.07) is 0. The standard InChI is InChI=1S/C16H30N6O2.HI/c1-3-15-21-20-13-22(15)9-8-19-16(17-2)18-7-5-10-23-12-14-6-4-11-24-14;/h13-14H,3-12H2,1-2H3,(H2,17,18,19);1H. The van der Waals surface area contributed by atoms with Crippen molar-refractivity contribution < 1.29 is 9.47 Å². The molecule has 9 heteroatoms. The van der Waals surface area contributed by atoms with E-state index in [1.807, 2.05) is 0 Å². The lowest BCUT2D eigenvalue weighted by molar-refractivity contribution is 0.0168. The molecular weight excluding hydrogens is 435 g/mol. The minimum atomic E-state index is 0. The van der Waals surface area contributed by atoms with Crippen LogP contribution in [-0.4, -0.2) is 66.8 Å². The Kier molecular flexibility index (Phi) is 11.7. The molecule has 2 rings (SSSR count). The number of aromatic nitrogens is 3. The maximum Gasteiger partial charge on any atom is 0.191 e. The monoisotopic (exact) mass is 466 g/mol. The van der Waals surface area contributed by atoms with Gasteiger partial charge in [-0.1, -0.05) is 6.92 Å². The summed E-state index contributed by atoms with van der Waals surface area (Å²) in [4.78, 5) is 4.22. The lowest BCUT2D eigenvalue weighted by Gasteiger charge is -2.13. The van der Waals surface area contributed by atoms with Crippen LogP contribution in [-0.2, 0) is 22.4 Å². The van der Waals surface area contributed by atoms with Gasteiger partial charge in [0.2, 0.25) is 0 Å². The molecule has 0 spiro atoms. The third-order valence-electron chi connectivity index (χ3n) is 3.97. The first-order valence-electron chi connectivity index (χ1n) is 8.84. The van der Waals surface area contributed by atoms with E-state index in [1.165, 1.54) is 0 Å². The highest BCUT2D eigenvalue weighted by Crippen LogP contribution is 2.11. The maximum atomic E-state index is 5.65. The van der Waals surface area contributed by atoms with Gasteiger partial charge in [-0.2, -0.15) is 0 Å². The van der Waals surface area contributed by atoms with E-state index >= 15 is 0 Å². The number of guanidine groups is 1. The van der Waals surface area contributed by atoms with Crippen molar-refractivity contribution in [3.63, 3.8) is 0 Å². The predicted octanol–water partition coefficient (Wildman–Crippen LogP) is 1.21. The zero-order chi connectivity index (χ0) is 17.0. The first-order chi connectivity index (χ1) is 11.8. The Morgan fingerprint density at radius 1 is 1.44 bits per heavy atom. The molecule has 0 radical (unpaired) electrons. The molecule has 144 valence electrons. The van der Waals surface area contributed by atoms with E-state index in [9.17, 15) is 0 Å². The van der Waals surface area contributed by atoms with E-state index in [4.69, 9.17) is 9.47 Å². The fourth-order valence-electron chi connectivity index (χ4n) is 2.63. The van der Waals surface area contributed by atoms with Crippen LogP contribution >= 0.6 is 24.0 Å². The van der Waals surface area contributed by atoms with Crippen LogP contribution in [0.1, 0.15) is 32.0 Å². The van der Waals surface area contributed by atoms with E-state index in [0.29, 0.717) is 12.7 Å². The largest absolute Gasteiger partial charge is 0.379 e. The van der Waals surface area contributed by atoms with Crippen LogP contribution < -0.4 is 10.6 Å². The van der Waals surface area contributed by atoms with Gasteiger partial charge in [-0.3, -0.25) is 4.99 Å². The molecule has 1 atom stereocenters. The highest BCUT2D eigenvalue weighted by molar-refractivity contribution is 14.0. The Labute approximate surface area is 167 Å². The molecular formula is C16H31IN6O2. The second-order valence-electron chi connectivity index (χ2n) is 5.78. The molecule has 25 heavy (non-hydrogen) atoms. The first kappa shape index (κ1) is 22.1. The highest BCUT2D eigenvalue weighted by atomic mass is 127. The van der Waals surface area contributed by atoms with Gasteiger partial charge in [0, 0.05) is 46.3 Å². The zero-order valence-corrected chi connectivity index (χ0v) is 17.6. The predicted molar refractivity (Wildman–Crippen MR) is 109 cm³/mol. The van der Waals surface area contributed by atoms with Crippen molar-refractivity contribution in [1.29, 1.82) is 0 Å².